The number of rotatable bonds is 0. The monoisotopic (exact) mass is 463 g/mol. The van der Waals surface area contributed by atoms with Gasteiger partial charge in [-0.05, 0) is 24.6 Å². The number of halogens is 2. The highest BCUT2D eigenvalue weighted by molar-refractivity contribution is 9.12. The summed E-state index contributed by atoms with van der Waals surface area (Å²) in [4.78, 5) is 9.13. The summed E-state index contributed by atoms with van der Waals surface area (Å²) in [6.07, 6.45) is 8.74. The highest BCUT2D eigenvalue weighted by Gasteiger charge is 2.43. The van der Waals surface area contributed by atoms with Gasteiger partial charge in [0.15, 0.2) is 5.75 Å². The molecular formula is C18H15Br2N3O2. The Labute approximate surface area is 160 Å². The molecule has 0 aromatic heterocycles. The molecule has 3 aliphatic heterocycles. The molecule has 3 heterocycles. The Morgan fingerprint density at radius 2 is 2.20 bits per heavy atom. The lowest BCUT2D eigenvalue weighted by atomic mass is 9.70. The van der Waals surface area contributed by atoms with E-state index in [1.54, 1.807) is 0 Å². The predicted octanol–water partition coefficient (Wildman–Crippen LogP) is 2.27. The van der Waals surface area contributed by atoms with Gasteiger partial charge in [-0.1, -0.05) is 44.0 Å². The van der Waals surface area contributed by atoms with Crippen molar-refractivity contribution in [2.45, 2.75) is 29.2 Å². The molecular weight excluding hydrogens is 450 g/mol. The zero-order valence-corrected chi connectivity index (χ0v) is 16.3. The number of alkyl halides is 1. The standard InChI is InChI=1S/C18H15Br2N3O2/c19-9-5-18(6-10(20)16(9)24)2-4-22-15-12(18)13-11-8(1-3-21-13)7-23-14(11)17(15)25/h2,4-5,7,10,16,22,24-25H,1,3,6H2. The number of phenols is 1. The number of aliphatic imine (C=N–C) groups is 1. The summed E-state index contributed by atoms with van der Waals surface area (Å²) < 4.78 is 0.738. The van der Waals surface area contributed by atoms with Crippen molar-refractivity contribution >= 4 is 55.0 Å². The van der Waals surface area contributed by atoms with E-state index >= 15 is 0 Å². The van der Waals surface area contributed by atoms with Crippen LogP contribution in [0, 0.1) is 0 Å². The van der Waals surface area contributed by atoms with Crippen LogP contribution >= 0.6 is 31.9 Å². The molecule has 3 atom stereocenters. The SMILES string of the molecule is Oc1c2c(c3c4c1N=CC=4CCN=3)C1(C=CN2)C=C(Br)C(O)C(Br)C1. The van der Waals surface area contributed by atoms with Crippen LogP contribution in [0.3, 0.4) is 0 Å². The maximum absolute atomic E-state index is 10.9. The molecule has 3 N–H and O–H groups in total. The predicted molar refractivity (Wildman–Crippen MR) is 105 cm³/mol. The maximum atomic E-state index is 10.9. The molecule has 7 heteroatoms. The molecule has 25 heavy (non-hydrogen) atoms. The Bertz CT molecular complexity index is 1030. The highest BCUT2D eigenvalue weighted by atomic mass is 79.9. The van der Waals surface area contributed by atoms with Crippen molar-refractivity contribution in [3.63, 3.8) is 0 Å². The first kappa shape index (κ1) is 15.8. The summed E-state index contributed by atoms with van der Waals surface area (Å²) in [5, 5.41) is 26.2. The fourth-order valence-electron chi connectivity index (χ4n) is 4.22. The van der Waals surface area contributed by atoms with Crippen molar-refractivity contribution in [2.24, 2.45) is 9.98 Å². The summed E-state index contributed by atoms with van der Waals surface area (Å²) >= 11 is 7.13. The van der Waals surface area contributed by atoms with Gasteiger partial charge in [-0.15, -0.1) is 0 Å². The van der Waals surface area contributed by atoms with E-state index in [-0.39, 0.29) is 10.6 Å². The van der Waals surface area contributed by atoms with Gasteiger partial charge in [-0.3, -0.25) is 9.98 Å². The molecule has 1 aromatic carbocycles. The Kier molecular flexibility index (Phi) is 3.34. The van der Waals surface area contributed by atoms with E-state index in [9.17, 15) is 10.2 Å². The van der Waals surface area contributed by atoms with Crippen LogP contribution in [0.25, 0.3) is 5.57 Å². The van der Waals surface area contributed by atoms with Gasteiger partial charge in [0.05, 0.1) is 17.1 Å². The maximum Gasteiger partial charge on any atom is 0.166 e. The van der Waals surface area contributed by atoms with Crippen LogP contribution in [0.15, 0.2) is 32.8 Å². The molecule has 4 aliphatic rings. The number of aliphatic hydroxyl groups excluding tert-OH is 1. The van der Waals surface area contributed by atoms with Crippen molar-refractivity contribution in [1.82, 2.24) is 0 Å². The van der Waals surface area contributed by atoms with Gasteiger partial charge >= 0.3 is 0 Å². The number of nitrogens with one attached hydrogen (secondary N) is 1. The van der Waals surface area contributed by atoms with Gasteiger partial charge in [-0.25, -0.2) is 0 Å². The minimum absolute atomic E-state index is 0.103. The van der Waals surface area contributed by atoms with E-state index in [1.807, 2.05) is 18.5 Å². The molecule has 5 rings (SSSR count). The Morgan fingerprint density at radius 1 is 1.36 bits per heavy atom. The number of benzene rings is 1. The summed E-state index contributed by atoms with van der Waals surface area (Å²) in [5.41, 5.74) is 2.91. The zero-order valence-electron chi connectivity index (χ0n) is 13.1. The molecule has 0 bridgehead atoms. The second-order valence-corrected chi connectivity index (χ2v) is 8.89. The van der Waals surface area contributed by atoms with Crippen LogP contribution in [0.1, 0.15) is 18.4 Å². The molecule has 3 unspecified atom stereocenters. The quantitative estimate of drug-likeness (QED) is 0.407. The first-order valence-corrected chi connectivity index (χ1v) is 9.88. The van der Waals surface area contributed by atoms with Crippen LogP contribution in [0.5, 0.6) is 5.75 Å². The second kappa shape index (κ2) is 5.28. The molecule has 0 amide bonds. The average Bonchev–Trinajstić information content (AvgIpc) is 3.03. The van der Waals surface area contributed by atoms with Gasteiger partial charge in [0, 0.05) is 38.3 Å². The van der Waals surface area contributed by atoms with Gasteiger partial charge in [-0.2, -0.15) is 0 Å². The molecule has 0 saturated carbocycles. The van der Waals surface area contributed by atoms with E-state index in [0.29, 0.717) is 17.8 Å². The van der Waals surface area contributed by atoms with Gasteiger partial charge in [0.2, 0.25) is 0 Å². The van der Waals surface area contributed by atoms with Crippen molar-refractivity contribution < 1.29 is 10.2 Å². The van der Waals surface area contributed by atoms with Crippen LogP contribution in [0.4, 0.5) is 11.4 Å². The lowest BCUT2D eigenvalue weighted by molar-refractivity contribution is 0.200. The molecule has 0 fully saturated rings. The lowest BCUT2D eigenvalue weighted by Crippen LogP contribution is -2.45. The van der Waals surface area contributed by atoms with Crippen LogP contribution in [-0.4, -0.2) is 33.9 Å². The van der Waals surface area contributed by atoms with E-state index in [2.05, 4.69) is 48.2 Å². The van der Waals surface area contributed by atoms with E-state index < -0.39 is 11.5 Å². The third-order valence-electron chi connectivity index (χ3n) is 5.37. The molecule has 1 aliphatic carbocycles. The van der Waals surface area contributed by atoms with Gasteiger partial charge < -0.3 is 15.5 Å². The second-order valence-electron chi connectivity index (χ2n) is 6.80. The first-order chi connectivity index (χ1) is 12.0. The Balaban J connectivity index is 1.91. The number of aromatic hydroxyl groups is 1. The third kappa shape index (κ3) is 2.03. The molecule has 0 radical (unpaired) electrons. The fourth-order valence-corrected chi connectivity index (χ4v) is 6.12. The summed E-state index contributed by atoms with van der Waals surface area (Å²) in [5.74, 6) is 0.169. The smallest absolute Gasteiger partial charge is 0.166 e. The number of hydrogen-bond donors (Lipinski definition) is 3. The molecule has 1 spiro atoms. The molecule has 1 aromatic rings. The number of hydrogen-bond acceptors (Lipinski definition) is 5. The number of aliphatic hydroxyl groups is 1. The van der Waals surface area contributed by atoms with Crippen molar-refractivity contribution in [1.29, 1.82) is 0 Å². The number of allylic oxidation sites excluding steroid dienone is 2. The highest BCUT2D eigenvalue weighted by Crippen LogP contribution is 2.49. The number of anilines is 1. The molecule has 128 valence electrons. The topological polar surface area (TPSA) is 77.2 Å². The van der Waals surface area contributed by atoms with E-state index in [1.165, 1.54) is 0 Å². The number of nitrogens with zero attached hydrogens (tertiary/aromatic N) is 2. The van der Waals surface area contributed by atoms with Crippen molar-refractivity contribution in [3.05, 3.63) is 39.0 Å². The summed E-state index contributed by atoms with van der Waals surface area (Å²) in [7, 11) is 0. The minimum atomic E-state index is -0.584. The first-order valence-electron chi connectivity index (χ1n) is 8.17. The third-order valence-corrected chi connectivity index (χ3v) is 6.89. The lowest BCUT2D eigenvalue weighted by Gasteiger charge is -2.40. The normalized spacial score (nSPS) is 31.3. The number of fused-ring (bicyclic) bond motifs is 3. The van der Waals surface area contributed by atoms with Crippen LogP contribution in [0.2, 0.25) is 0 Å². The van der Waals surface area contributed by atoms with E-state index in [0.717, 1.165) is 39.2 Å². The van der Waals surface area contributed by atoms with Gasteiger partial charge in [0.25, 0.3) is 0 Å². The molecule has 5 nitrogen and oxygen atoms in total. The zero-order chi connectivity index (χ0) is 17.3. The number of phenolic OH excluding ortho intramolecular Hbond substituents is 1. The molecule has 0 saturated heterocycles. The van der Waals surface area contributed by atoms with Crippen LogP contribution < -0.4 is 15.9 Å². The largest absolute Gasteiger partial charge is 0.504 e. The Hall–Kier alpha value is -1.44. The van der Waals surface area contributed by atoms with Gasteiger partial charge in [0.1, 0.15) is 5.69 Å². The Morgan fingerprint density at radius 3 is 3.00 bits per heavy atom. The van der Waals surface area contributed by atoms with E-state index in [4.69, 9.17) is 4.99 Å². The van der Waals surface area contributed by atoms with Crippen LogP contribution in [-0.2, 0) is 5.41 Å². The summed E-state index contributed by atoms with van der Waals surface area (Å²) in [6, 6.07) is 0. The average molecular weight is 465 g/mol. The fraction of sp³-hybridized carbons (Fsp3) is 0.333. The summed E-state index contributed by atoms with van der Waals surface area (Å²) in [6.45, 7) is 0.718. The minimum Gasteiger partial charge on any atom is -0.504 e. The van der Waals surface area contributed by atoms with Crippen molar-refractivity contribution in [3.8, 4) is 5.75 Å². The van der Waals surface area contributed by atoms with Crippen molar-refractivity contribution in [2.75, 3.05) is 11.9 Å².